The second kappa shape index (κ2) is 10.5. The molecule has 1 amide bonds. The zero-order valence-corrected chi connectivity index (χ0v) is 19.6. The summed E-state index contributed by atoms with van der Waals surface area (Å²) in [5.41, 5.74) is 4.68. The predicted molar refractivity (Wildman–Crippen MR) is 127 cm³/mol. The summed E-state index contributed by atoms with van der Waals surface area (Å²) in [5.74, 6) is -0.364. The van der Waals surface area contributed by atoms with E-state index in [-0.39, 0.29) is 17.1 Å². The molecule has 0 saturated heterocycles. The standard InChI is InChI=1S/C23H22BrN3O4S/c1-16-7-10-19(11-8-16)32(30,31)27-21(18-5-3-2-4-6-18)14-23(29)26-25-15-17-9-12-22(28)20(24)13-17/h2-13,15,21,27-28H,14H2,1H3,(H,26,29). The highest BCUT2D eigenvalue weighted by atomic mass is 79.9. The molecule has 7 nitrogen and oxygen atoms in total. The minimum Gasteiger partial charge on any atom is -0.507 e. The van der Waals surface area contributed by atoms with E-state index in [1.54, 1.807) is 48.5 Å². The van der Waals surface area contributed by atoms with Crippen molar-refractivity contribution in [1.82, 2.24) is 10.1 Å². The summed E-state index contributed by atoms with van der Waals surface area (Å²) in [6, 6.07) is 19.4. The summed E-state index contributed by atoms with van der Waals surface area (Å²) >= 11 is 3.21. The van der Waals surface area contributed by atoms with E-state index in [1.165, 1.54) is 24.4 Å². The van der Waals surface area contributed by atoms with Crippen LogP contribution in [0, 0.1) is 6.92 Å². The van der Waals surface area contributed by atoms with E-state index in [9.17, 15) is 18.3 Å². The Morgan fingerprint density at radius 3 is 2.44 bits per heavy atom. The van der Waals surface area contributed by atoms with Crippen molar-refractivity contribution in [1.29, 1.82) is 0 Å². The Hall–Kier alpha value is -3.01. The quantitative estimate of drug-likeness (QED) is 0.311. The second-order valence-corrected chi connectivity index (χ2v) is 9.67. The molecule has 0 saturated carbocycles. The monoisotopic (exact) mass is 515 g/mol. The number of nitrogens with one attached hydrogen (secondary N) is 2. The lowest BCUT2D eigenvalue weighted by Gasteiger charge is -2.18. The van der Waals surface area contributed by atoms with Crippen LogP contribution in [0.25, 0.3) is 0 Å². The van der Waals surface area contributed by atoms with E-state index < -0.39 is 22.0 Å². The fraction of sp³-hybridized carbons (Fsp3) is 0.130. The number of benzene rings is 3. The molecular formula is C23H22BrN3O4S. The lowest BCUT2D eigenvalue weighted by Crippen LogP contribution is -2.32. The van der Waals surface area contributed by atoms with Crippen molar-refractivity contribution in [2.45, 2.75) is 24.3 Å². The largest absolute Gasteiger partial charge is 0.507 e. The number of sulfonamides is 1. The van der Waals surface area contributed by atoms with Crippen molar-refractivity contribution in [3.8, 4) is 5.75 Å². The predicted octanol–water partition coefficient (Wildman–Crippen LogP) is 4.02. The molecule has 1 unspecified atom stereocenters. The van der Waals surface area contributed by atoms with Crippen molar-refractivity contribution in [2.75, 3.05) is 0 Å². The van der Waals surface area contributed by atoms with Crippen molar-refractivity contribution in [2.24, 2.45) is 5.10 Å². The number of hydrazone groups is 1. The minimum atomic E-state index is -3.84. The zero-order chi connectivity index (χ0) is 23.1. The summed E-state index contributed by atoms with van der Waals surface area (Å²) in [7, 11) is -3.84. The first kappa shape index (κ1) is 23.6. The van der Waals surface area contributed by atoms with Crippen LogP contribution in [0.15, 0.2) is 87.3 Å². The molecule has 32 heavy (non-hydrogen) atoms. The molecule has 0 aliphatic carbocycles. The average molecular weight is 516 g/mol. The number of phenols is 1. The third-order valence-electron chi connectivity index (χ3n) is 4.59. The number of carbonyl (C=O) groups is 1. The highest BCUT2D eigenvalue weighted by molar-refractivity contribution is 9.10. The first-order valence-corrected chi connectivity index (χ1v) is 12.0. The molecule has 0 heterocycles. The molecule has 0 bridgehead atoms. The van der Waals surface area contributed by atoms with Crippen LogP contribution in [-0.2, 0) is 14.8 Å². The fourth-order valence-corrected chi connectivity index (χ4v) is 4.52. The zero-order valence-electron chi connectivity index (χ0n) is 17.2. The summed E-state index contributed by atoms with van der Waals surface area (Å²) in [5, 5.41) is 13.5. The molecule has 0 radical (unpaired) electrons. The normalized spacial score (nSPS) is 12.6. The number of carbonyl (C=O) groups excluding carboxylic acids is 1. The van der Waals surface area contributed by atoms with Gasteiger partial charge in [-0.1, -0.05) is 48.0 Å². The number of hydrogen-bond acceptors (Lipinski definition) is 5. The molecule has 166 valence electrons. The van der Waals surface area contributed by atoms with E-state index in [0.717, 1.165) is 5.56 Å². The van der Waals surface area contributed by atoms with E-state index in [0.29, 0.717) is 15.6 Å². The Kier molecular flexibility index (Phi) is 7.79. The van der Waals surface area contributed by atoms with E-state index >= 15 is 0 Å². The third kappa shape index (κ3) is 6.49. The molecule has 0 fully saturated rings. The number of aryl methyl sites for hydroxylation is 1. The van der Waals surface area contributed by atoms with Gasteiger partial charge in [-0.15, -0.1) is 0 Å². The van der Waals surface area contributed by atoms with E-state index in [4.69, 9.17) is 0 Å². The highest BCUT2D eigenvalue weighted by Gasteiger charge is 2.23. The number of rotatable bonds is 8. The highest BCUT2D eigenvalue weighted by Crippen LogP contribution is 2.23. The number of hydrogen-bond donors (Lipinski definition) is 3. The van der Waals surface area contributed by atoms with E-state index in [2.05, 4.69) is 31.2 Å². The summed E-state index contributed by atoms with van der Waals surface area (Å²) in [4.78, 5) is 12.6. The Morgan fingerprint density at radius 2 is 1.78 bits per heavy atom. The Bertz CT molecular complexity index is 1210. The van der Waals surface area contributed by atoms with Gasteiger partial charge in [0.05, 0.1) is 21.6 Å². The van der Waals surface area contributed by atoms with Crippen LogP contribution in [0.5, 0.6) is 5.75 Å². The molecule has 0 aliphatic rings. The first-order chi connectivity index (χ1) is 15.2. The summed E-state index contributed by atoms with van der Waals surface area (Å²) in [6.07, 6.45) is 1.28. The first-order valence-electron chi connectivity index (χ1n) is 9.69. The van der Waals surface area contributed by atoms with Gasteiger partial charge in [0.15, 0.2) is 0 Å². The van der Waals surface area contributed by atoms with Gasteiger partial charge >= 0.3 is 0 Å². The summed E-state index contributed by atoms with van der Waals surface area (Å²) < 4.78 is 28.9. The maximum atomic E-state index is 12.9. The van der Waals surface area contributed by atoms with Crippen LogP contribution in [-0.4, -0.2) is 25.6 Å². The topological polar surface area (TPSA) is 108 Å². The van der Waals surface area contributed by atoms with Gasteiger partial charge in [-0.25, -0.2) is 18.6 Å². The molecule has 1 atom stereocenters. The maximum absolute atomic E-state index is 12.9. The molecule has 9 heteroatoms. The number of halogens is 1. The van der Waals surface area contributed by atoms with Crippen LogP contribution < -0.4 is 10.1 Å². The van der Waals surface area contributed by atoms with E-state index in [1.807, 2.05) is 13.0 Å². The molecular weight excluding hydrogens is 494 g/mol. The molecule has 3 N–H and O–H groups in total. The van der Waals surface area contributed by atoms with Crippen LogP contribution in [0.2, 0.25) is 0 Å². The lowest BCUT2D eigenvalue weighted by atomic mass is 10.0. The van der Waals surface area contributed by atoms with Crippen molar-refractivity contribution in [3.05, 3.63) is 94.0 Å². The Balaban J connectivity index is 1.73. The number of nitrogens with zero attached hydrogens (tertiary/aromatic N) is 1. The fourth-order valence-electron chi connectivity index (χ4n) is 2.90. The van der Waals surface area contributed by atoms with Gasteiger partial charge < -0.3 is 5.11 Å². The van der Waals surface area contributed by atoms with Gasteiger partial charge in [0.1, 0.15) is 5.75 Å². The van der Waals surface area contributed by atoms with Crippen molar-refractivity contribution >= 4 is 38.1 Å². The van der Waals surface area contributed by atoms with Crippen molar-refractivity contribution < 1.29 is 18.3 Å². The van der Waals surface area contributed by atoms with Crippen molar-refractivity contribution in [3.63, 3.8) is 0 Å². The SMILES string of the molecule is Cc1ccc(S(=O)(=O)NC(CC(=O)NN=Cc2ccc(O)c(Br)c2)c2ccccc2)cc1. The molecule has 3 aromatic rings. The van der Waals surface area contributed by atoms with Gasteiger partial charge in [-0.2, -0.15) is 5.10 Å². The number of aromatic hydroxyl groups is 1. The van der Waals surface area contributed by atoms with Crippen LogP contribution >= 0.6 is 15.9 Å². The average Bonchev–Trinajstić information content (AvgIpc) is 2.76. The van der Waals surface area contributed by atoms with Gasteiger partial charge in [0.2, 0.25) is 15.9 Å². The van der Waals surface area contributed by atoms with Gasteiger partial charge in [0.25, 0.3) is 0 Å². The Morgan fingerprint density at radius 1 is 1.09 bits per heavy atom. The lowest BCUT2D eigenvalue weighted by molar-refractivity contribution is -0.121. The van der Waals surface area contributed by atoms with Gasteiger partial charge in [-0.3, -0.25) is 4.79 Å². The molecule has 0 aliphatic heterocycles. The third-order valence-corrected chi connectivity index (χ3v) is 6.72. The van der Waals surface area contributed by atoms with Crippen LogP contribution in [0.4, 0.5) is 0 Å². The molecule has 0 aromatic heterocycles. The number of amides is 1. The number of phenolic OH excluding ortho intramolecular Hbond substituents is 1. The Labute approximate surface area is 195 Å². The molecule has 0 spiro atoms. The van der Waals surface area contributed by atoms with Crippen LogP contribution in [0.1, 0.15) is 29.2 Å². The second-order valence-electron chi connectivity index (χ2n) is 7.11. The van der Waals surface area contributed by atoms with Crippen LogP contribution in [0.3, 0.4) is 0 Å². The summed E-state index contributed by atoms with van der Waals surface area (Å²) in [6.45, 7) is 1.87. The maximum Gasteiger partial charge on any atom is 0.242 e. The van der Waals surface area contributed by atoms with Gasteiger partial charge in [0, 0.05) is 6.42 Å². The smallest absolute Gasteiger partial charge is 0.242 e. The van der Waals surface area contributed by atoms with Gasteiger partial charge in [-0.05, 0) is 64.3 Å². The minimum absolute atomic E-state index is 0.0951. The molecule has 3 aromatic carbocycles. The molecule has 3 rings (SSSR count).